The molecular formula is C24H25N7O2. The quantitative estimate of drug-likeness (QED) is 0.503. The van der Waals surface area contributed by atoms with Crippen LogP contribution in [-0.2, 0) is 0 Å². The van der Waals surface area contributed by atoms with Gasteiger partial charge in [0.25, 0.3) is 0 Å². The number of aryl methyl sites for hydroxylation is 2. The van der Waals surface area contributed by atoms with Crippen molar-refractivity contribution in [2.45, 2.75) is 32.6 Å². The van der Waals surface area contributed by atoms with Crippen LogP contribution in [0.5, 0.6) is 0 Å². The number of nitrogens with one attached hydrogen (secondary N) is 1. The summed E-state index contributed by atoms with van der Waals surface area (Å²) in [7, 11) is 0. The van der Waals surface area contributed by atoms with Crippen molar-refractivity contribution in [3.63, 3.8) is 0 Å². The molecule has 33 heavy (non-hydrogen) atoms. The number of anilines is 1. The van der Waals surface area contributed by atoms with Crippen molar-refractivity contribution in [3.05, 3.63) is 72.0 Å². The maximum atomic E-state index is 12.9. The minimum absolute atomic E-state index is 0.112. The predicted molar refractivity (Wildman–Crippen MR) is 123 cm³/mol. The molecule has 1 fully saturated rings. The predicted octanol–water partition coefficient (Wildman–Crippen LogP) is 4.35. The van der Waals surface area contributed by atoms with E-state index in [-0.39, 0.29) is 11.9 Å². The number of piperidine rings is 1. The van der Waals surface area contributed by atoms with Crippen molar-refractivity contribution in [3.8, 4) is 17.2 Å². The smallest absolute Gasteiger partial charge is 0.321 e. The lowest BCUT2D eigenvalue weighted by molar-refractivity contribution is 0.187. The summed E-state index contributed by atoms with van der Waals surface area (Å²) >= 11 is 0. The van der Waals surface area contributed by atoms with Gasteiger partial charge in [0.2, 0.25) is 11.7 Å². The normalized spacial score (nSPS) is 14.4. The molecule has 1 aliphatic heterocycles. The van der Waals surface area contributed by atoms with Gasteiger partial charge in [0.05, 0.1) is 11.4 Å². The fourth-order valence-electron chi connectivity index (χ4n) is 4.14. The van der Waals surface area contributed by atoms with Gasteiger partial charge in [-0.3, -0.25) is 4.98 Å². The Labute approximate surface area is 191 Å². The molecule has 1 aliphatic rings. The Balaban J connectivity index is 1.20. The molecule has 0 aliphatic carbocycles. The van der Waals surface area contributed by atoms with Gasteiger partial charge in [0.15, 0.2) is 0 Å². The molecule has 4 heterocycles. The van der Waals surface area contributed by atoms with Crippen molar-refractivity contribution in [2.75, 3.05) is 18.4 Å². The summed E-state index contributed by atoms with van der Waals surface area (Å²) in [6.45, 7) is 5.22. The maximum Gasteiger partial charge on any atom is 0.321 e. The molecule has 0 atom stereocenters. The number of likely N-dealkylation sites (tertiary alicyclic amines) is 1. The highest BCUT2D eigenvalue weighted by Crippen LogP contribution is 2.28. The summed E-state index contributed by atoms with van der Waals surface area (Å²) in [5, 5.41) is 11.6. The molecular weight excluding hydrogens is 418 g/mol. The number of benzene rings is 1. The minimum Gasteiger partial charge on any atom is -0.339 e. The summed E-state index contributed by atoms with van der Waals surface area (Å²) < 4.78 is 7.36. The monoisotopic (exact) mass is 443 g/mol. The van der Waals surface area contributed by atoms with Crippen molar-refractivity contribution in [1.29, 1.82) is 0 Å². The number of amides is 2. The number of rotatable bonds is 4. The highest BCUT2D eigenvalue weighted by atomic mass is 16.5. The Morgan fingerprint density at radius 3 is 2.67 bits per heavy atom. The van der Waals surface area contributed by atoms with Gasteiger partial charge in [-0.15, -0.1) is 0 Å². The number of hydrogen-bond acceptors (Lipinski definition) is 6. The lowest BCUT2D eigenvalue weighted by Crippen LogP contribution is -2.40. The number of carbonyl (C=O) groups is 1. The molecule has 1 N–H and O–H groups in total. The molecule has 0 unspecified atom stereocenters. The first kappa shape index (κ1) is 20.9. The molecule has 2 amide bonds. The van der Waals surface area contributed by atoms with E-state index < -0.39 is 0 Å². The SMILES string of the molecule is Cc1cc(C)n(-c2cccc(NC(=O)N3CCC(c4nc(-c5ccccn5)no4)CC3)c2)n1. The molecule has 0 radical (unpaired) electrons. The average molecular weight is 444 g/mol. The zero-order chi connectivity index (χ0) is 22.8. The highest BCUT2D eigenvalue weighted by molar-refractivity contribution is 5.89. The van der Waals surface area contributed by atoms with Crippen molar-refractivity contribution in [2.24, 2.45) is 0 Å². The van der Waals surface area contributed by atoms with E-state index in [9.17, 15) is 4.79 Å². The Kier molecular flexibility index (Phi) is 5.60. The lowest BCUT2D eigenvalue weighted by atomic mass is 9.97. The number of nitrogens with zero attached hydrogens (tertiary/aromatic N) is 6. The summed E-state index contributed by atoms with van der Waals surface area (Å²) in [6, 6.07) is 15.2. The van der Waals surface area contributed by atoms with Crippen LogP contribution in [0.3, 0.4) is 0 Å². The van der Waals surface area contributed by atoms with Gasteiger partial charge < -0.3 is 14.7 Å². The highest BCUT2D eigenvalue weighted by Gasteiger charge is 2.28. The zero-order valence-corrected chi connectivity index (χ0v) is 18.6. The molecule has 1 aromatic carbocycles. The first-order chi connectivity index (χ1) is 16.1. The van der Waals surface area contributed by atoms with E-state index in [4.69, 9.17) is 4.52 Å². The van der Waals surface area contributed by atoms with Crippen LogP contribution in [0.2, 0.25) is 0 Å². The van der Waals surface area contributed by atoms with E-state index in [2.05, 4.69) is 25.5 Å². The molecule has 0 saturated carbocycles. The van der Waals surface area contributed by atoms with Crippen LogP contribution in [0, 0.1) is 13.8 Å². The summed E-state index contributed by atoms with van der Waals surface area (Å²) in [6.07, 6.45) is 3.24. The van der Waals surface area contributed by atoms with Gasteiger partial charge in [0.1, 0.15) is 5.69 Å². The molecule has 0 spiro atoms. The van der Waals surface area contributed by atoms with E-state index in [1.54, 1.807) is 6.20 Å². The summed E-state index contributed by atoms with van der Waals surface area (Å²) in [5.41, 5.74) is 4.34. The van der Waals surface area contributed by atoms with Crippen LogP contribution in [0.25, 0.3) is 17.2 Å². The van der Waals surface area contributed by atoms with E-state index in [0.717, 1.165) is 35.6 Å². The molecule has 9 heteroatoms. The summed E-state index contributed by atoms with van der Waals surface area (Å²) in [5.74, 6) is 1.23. The fourth-order valence-corrected chi connectivity index (χ4v) is 4.14. The van der Waals surface area contributed by atoms with Crippen LogP contribution < -0.4 is 5.32 Å². The van der Waals surface area contributed by atoms with E-state index in [1.165, 1.54) is 0 Å². The third kappa shape index (κ3) is 4.48. The first-order valence-electron chi connectivity index (χ1n) is 11.0. The number of hydrogen-bond donors (Lipinski definition) is 1. The zero-order valence-electron chi connectivity index (χ0n) is 18.6. The largest absolute Gasteiger partial charge is 0.339 e. The van der Waals surface area contributed by atoms with Crippen molar-refractivity contribution >= 4 is 11.7 Å². The third-order valence-electron chi connectivity index (χ3n) is 5.82. The number of carbonyl (C=O) groups excluding carboxylic acids is 1. The Morgan fingerprint density at radius 2 is 1.94 bits per heavy atom. The van der Waals surface area contributed by atoms with Crippen molar-refractivity contribution in [1.82, 2.24) is 29.8 Å². The molecule has 3 aromatic heterocycles. The number of urea groups is 1. The standard InChI is InChI=1S/C24H25N7O2/c1-16-14-17(2)31(28-16)20-7-5-6-19(15-20)26-24(32)30-12-9-18(10-13-30)23-27-22(29-33-23)21-8-3-4-11-25-21/h3-8,11,14-15,18H,9-10,12-13H2,1-2H3,(H,26,32). The lowest BCUT2D eigenvalue weighted by Gasteiger charge is -2.30. The van der Waals surface area contributed by atoms with Gasteiger partial charge in [-0.1, -0.05) is 17.3 Å². The van der Waals surface area contributed by atoms with Crippen LogP contribution >= 0.6 is 0 Å². The number of aromatic nitrogens is 5. The van der Waals surface area contributed by atoms with Gasteiger partial charge in [-0.05, 0) is 63.1 Å². The molecule has 0 bridgehead atoms. The molecule has 1 saturated heterocycles. The molecule has 5 rings (SSSR count). The van der Waals surface area contributed by atoms with Gasteiger partial charge in [-0.2, -0.15) is 10.1 Å². The second kappa shape index (κ2) is 8.85. The second-order valence-corrected chi connectivity index (χ2v) is 8.25. The molecule has 9 nitrogen and oxygen atoms in total. The van der Waals surface area contributed by atoms with Crippen LogP contribution in [0.15, 0.2) is 59.3 Å². The molecule has 168 valence electrons. The first-order valence-corrected chi connectivity index (χ1v) is 11.0. The van der Waals surface area contributed by atoms with E-state index >= 15 is 0 Å². The topological polar surface area (TPSA) is 102 Å². The Morgan fingerprint density at radius 1 is 1.09 bits per heavy atom. The Bertz CT molecular complexity index is 1260. The number of pyridine rings is 1. The maximum absolute atomic E-state index is 12.9. The molecule has 4 aromatic rings. The van der Waals surface area contributed by atoms with Crippen LogP contribution in [-0.4, -0.2) is 48.9 Å². The van der Waals surface area contributed by atoms with Crippen LogP contribution in [0.4, 0.5) is 10.5 Å². The third-order valence-corrected chi connectivity index (χ3v) is 5.82. The van der Waals surface area contributed by atoms with Gasteiger partial charge in [0, 0.05) is 36.6 Å². The summed E-state index contributed by atoms with van der Waals surface area (Å²) in [4.78, 5) is 23.5. The van der Waals surface area contributed by atoms with E-state index in [1.807, 2.05) is 72.0 Å². The Hall–Kier alpha value is -4.01. The average Bonchev–Trinajstić information content (AvgIpc) is 3.46. The van der Waals surface area contributed by atoms with Gasteiger partial charge in [-0.25, -0.2) is 9.48 Å². The minimum atomic E-state index is -0.112. The van der Waals surface area contributed by atoms with Gasteiger partial charge >= 0.3 is 6.03 Å². The van der Waals surface area contributed by atoms with E-state index in [0.29, 0.717) is 30.5 Å². The second-order valence-electron chi connectivity index (χ2n) is 8.25. The van der Waals surface area contributed by atoms with Crippen LogP contribution in [0.1, 0.15) is 36.0 Å². The fraction of sp³-hybridized carbons (Fsp3) is 0.292. The van der Waals surface area contributed by atoms with Crippen molar-refractivity contribution < 1.29 is 9.32 Å².